The maximum absolute atomic E-state index is 12.9. The molecule has 0 saturated carbocycles. The fraction of sp³-hybridized carbons (Fsp3) is 0.619. The molecule has 0 N–H and O–H groups in total. The van der Waals surface area contributed by atoms with Gasteiger partial charge in [0.25, 0.3) is 0 Å². The molecular weight excluding hydrogens is 312 g/mol. The molecule has 3 aliphatic rings. The van der Waals surface area contributed by atoms with Gasteiger partial charge in [0.15, 0.2) is 0 Å². The van der Waals surface area contributed by atoms with Gasteiger partial charge < -0.3 is 9.80 Å². The molecule has 2 saturated heterocycles. The van der Waals surface area contributed by atoms with Crippen molar-refractivity contribution in [1.82, 2.24) is 9.80 Å². The highest BCUT2D eigenvalue weighted by Gasteiger charge is 2.37. The number of hydrogen-bond donors (Lipinski definition) is 0. The molecule has 2 heterocycles. The summed E-state index contributed by atoms with van der Waals surface area (Å²) in [6.45, 7) is 2.50. The molecule has 4 heteroatoms. The third-order valence-corrected chi connectivity index (χ3v) is 6.19. The van der Waals surface area contributed by atoms with Crippen LogP contribution in [0.25, 0.3) is 0 Å². The van der Waals surface area contributed by atoms with Gasteiger partial charge in [-0.05, 0) is 62.0 Å². The van der Waals surface area contributed by atoms with Gasteiger partial charge in [0, 0.05) is 26.1 Å². The number of rotatable bonds is 3. The number of likely N-dealkylation sites (tertiary alicyclic amines) is 2. The molecule has 1 aromatic rings. The van der Waals surface area contributed by atoms with Crippen LogP contribution in [0.1, 0.15) is 49.7 Å². The van der Waals surface area contributed by atoms with Gasteiger partial charge in [-0.15, -0.1) is 0 Å². The number of aryl methyl sites for hydroxylation is 1. The van der Waals surface area contributed by atoms with Gasteiger partial charge in [-0.2, -0.15) is 0 Å². The average molecular weight is 340 g/mol. The van der Waals surface area contributed by atoms with Gasteiger partial charge in [0.1, 0.15) is 6.04 Å². The summed E-state index contributed by atoms with van der Waals surface area (Å²) in [7, 11) is 0. The van der Waals surface area contributed by atoms with E-state index in [0.29, 0.717) is 12.3 Å². The first-order chi connectivity index (χ1) is 12.2. The molecule has 1 aliphatic carbocycles. The van der Waals surface area contributed by atoms with Crippen LogP contribution < -0.4 is 0 Å². The Morgan fingerprint density at radius 1 is 0.960 bits per heavy atom. The highest BCUT2D eigenvalue weighted by Crippen LogP contribution is 2.29. The smallest absolute Gasteiger partial charge is 0.245 e. The number of fused-ring (bicyclic) bond motifs is 1. The number of carbonyl (C=O) groups excluding carboxylic acids is 2. The van der Waals surface area contributed by atoms with Crippen molar-refractivity contribution in [3.8, 4) is 0 Å². The van der Waals surface area contributed by atoms with Crippen LogP contribution in [0.2, 0.25) is 0 Å². The standard InChI is InChI=1S/C21H28N2O2/c24-20(15-16-9-10-17-6-1-2-7-18(17)14-16)23-13-5-8-19(23)21(25)22-11-3-4-12-22/h1-2,6-7,16,19H,3-5,8-15H2/t16-,19+/m1/s1. The van der Waals surface area contributed by atoms with E-state index in [4.69, 9.17) is 0 Å². The van der Waals surface area contributed by atoms with Crippen LogP contribution in [0.15, 0.2) is 24.3 Å². The summed E-state index contributed by atoms with van der Waals surface area (Å²) in [5, 5.41) is 0. The van der Waals surface area contributed by atoms with Gasteiger partial charge in [-0.25, -0.2) is 0 Å². The molecule has 2 atom stereocenters. The van der Waals surface area contributed by atoms with E-state index >= 15 is 0 Å². The second-order valence-corrected chi connectivity index (χ2v) is 7.86. The fourth-order valence-corrected chi connectivity index (χ4v) is 4.78. The van der Waals surface area contributed by atoms with Crippen molar-refractivity contribution in [3.63, 3.8) is 0 Å². The van der Waals surface area contributed by atoms with Crippen molar-refractivity contribution >= 4 is 11.8 Å². The molecule has 4 rings (SSSR count). The molecule has 134 valence electrons. The molecule has 0 aromatic heterocycles. The molecule has 2 fully saturated rings. The summed E-state index contributed by atoms with van der Waals surface area (Å²) in [6.07, 6.45) is 7.77. The lowest BCUT2D eigenvalue weighted by molar-refractivity contribution is -0.143. The first-order valence-electron chi connectivity index (χ1n) is 9.87. The minimum Gasteiger partial charge on any atom is -0.341 e. The predicted octanol–water partition coefficient (Wildman–Crippen LogP) is 2.80. The maximum Gasteiger partial charge on any atom is 0.245 e. The Balaban J connectivity index is 1.38. The summed E-state index contributed by atoms with van der Waals surface area (Å²) in [5.41, 5.74) is 2.84. The summed E-state index contributed by atoms with van der Waals surface area (Å²) in [6, 6.07) is 8.40. The lowest BCUT2D eigenvalue weighted by Crippen LogP contribution is -2.47. The van der Waals surface area contributed by atoms with E-state index in [1.54, 1.807) is 0 Å². The Bertz CT molecular complexity index is 651. The normalized spacial score (nSPS) is 25.9. The SMILES string of the molecule is O=C([C@@H]1CCCN1C(=O)C[C@@H]1CCc2ccccc2C1)N1CCCC1. The summed E-state index contributed by atoms with van der Waals surface area (Å²) >= 11 is 0. The molecule has 0 radical (unpaired) electrons. The highest BCUT2D eigenvalue weighted by atomic mass is 16.2. The number of carbonyl (C=O) groups is 2. The minimum atomic E-state index is -0.193. The second-order valence-electron chi connectivity index (χ2n) is 7.86. The van der Waals surface area contributed by atoms with Crippen LogP contribution >= 0.6 is 0 Å². The van der Waals surface area contributed by atoms with Crippen LogP contribution in [0.4, 0.5) is 0 Å². The molecule has 1 aromatic carbocycles. The van der Waals surface area contributed by atoms with Crippen LogP contribution in [0, 0.1) is 5.92 Å². The van der Waals surface area contributed by atoms with Gasteiger partial charge in [0.2, 0.25) is 11.8 Å². The third-order valence-electron chi connectivity index (χ3n) is 6.19. The Kier molecular flexibility index (Phi) is 4.78. The van der Waals surface area contributed by atoms with E-state index < -0.39 is 0 Å². The highest BCUT2D eigenvalue weighted by molar-refractivity contribution is 5.88. The van der Waals surface area contributed by atoms with E-state index in [1.807, 2.05) is 9.80 Å². The van der Waals surface area contributed by atoms with Crippen molar-refractivity contribution in [2.75, 3.05) is 19.6 Å². The lowest BCUT2D eigenvalue weighted by atomic mass is 9.82. The largest absolute Gasteiger partial charge is 0.341 e. The first kappa shape index (κ1) is 16.6. The van der Waals surface area contributed by atoms with E-state index in [0.717, 1.165) is 64.6 Å². The second kappa shape index (κ2) is 7.19. The fourth-order valence-electron chi connectivity index (χ4n) is 4.78. The van der Waals surface area contributed by atoms with Crippen LogP contribution in [0.5, 0.6) is 0 Å². The minimum absolute atomic E-state index is 0.192. The van der Waals surface area contributed by atoms with Crippen LogP contribution in [0.3, 0.4) is 0 Å². The Morgan fingerprint density at radius 2 is 1.72 bits per heavy atom. The topological polar surface area (TPSA) is 40.6 Å². The molecule has 25 heavy (non-hydrogen) atoms. The first-order valence-corrected chi connectivity index (χ1v) is 9.87. The Morgan fingerprint density at radius 3 is 2.52 bits per heavy atom. The van der Waals surface area contributed by atoms with Gasteiger partial charge in [-0.1, -0.05) is 24.3 Å². The zero-order valence-electron chi connectivity index (χ0n) is 15.0. The molecule has 4 nitrogen and oxygen atoms in total. The van der Waals surface area contributed by atoms with E-state index in [-0.39, 0.29) is 17.9 Å². The quantitative estimate of drug-likeness (QED) is 0.849. The van der Waals surface area contributed by atoms with Crippen molar-refractivity contribution in [2.45, 2.75) is 57.4 Å². The van der Waals surface area contributed by atoms with Crippen molar-refractivity contribution < 1.29 is 9.59 Å². The van der Waals surface area contributed by atoms with Crippen LogP contribution in [-0.2, 0) is 22.4 Å². The van der Waals surface area contributed by atoms with E-state index in [1.165, 1.54) is 11.1 Å². The number of benzene rings is 1. The number of amides is 2. The van der Waals surface area contributed by atoms with Crippen LogP contribution in [-0.4, -0.2) is 47.3 Å². The van der Waals surface area contributed by atoms with Gasteiger partial charge >= 0.3 is 0 Å². The van der Waals surface area contributed by atoms with Crippen molar-refractivity contribution in [2.24, 2.45) is 5.92 Å². The Labute approximate surface area is 150 Å². The number of nitrogens with zero attached hydrogens (tertiary/aromatic N) is 2. The Hall–Kier alpha value is -1.84. The van der Waals surface area contributed by atoms with E-state index in [2.05, 4.69) is 24.3 Å². The zero-order chi connectivity index (χ0) is 17.2. The van der Waals surface area contributed by atoms with Crippen molar-refractivity contribution in [1.29, 1.82) is 0 Å². The molecule has 0 spiro atoms. The van der Waals surface area contributed by atoms with Crippen molar-refractivity contribution in [3.05, 3.63) is 35.4 Å². The van der Waals surface area contributed by atoms with Gasteiger partial charge in [-0.3, -0.25) is 9.59 Å². The molecular formula is C21H28N2O2. The summed E-state index contributed by atoms with van der Waals surface area (Å²) in [4.78, 5) is 29.5. The zero-order valence-corrected chi connectivity index (χ0v) is 15.0. The lowest BCUT2D eigenvalue weighted by Gasteiger charge is -2.30. The van der Waals surface area contributed by atoms with Gasteiger partial charge in [0.05, 0.1) is 0 Å². The summed E-state index contributed by atoms with van der Waals surface area (Å²) < 4.78 is 0. The molecule has 2 amide bonds. The average Bonchev–Trinajstić information content (AvgIpc) is 3.33. The molecule has 0 unspecified atom stereocenters. The maximum atomic E-state index is 12.9. The summed E-state index contributed by atoms with van der Waals surface area (Å²) in [5.74, 6) is 0.808. The third kappa shape index (κ3) is 3.44. The molecule has 2 aliphatic heterocycles. The number of hydrogen-bond acceptors (Lipinski definition) is 2. The molecule has 0 bridgehead atoms. The van der Waals surface area contributed by atoms with E-state index in [9.17, 15) is 9.59 Å². The monoisotopic (exact) mass is 340 g/mol. The predicted molar refractivity (Wildman–Crippen MR) is 97.1 cm³/mol.